The molecule has 0 aliphatic heterocycles. The van der Waals surface area contributed by atoms with Crippen molar-refractivity contribution >= 4 is 10.1 Å². The molecule has 0 amide bonds. The van der Waals surface area contributed by atoms with Crippen LogP contribution in [0.4, 0.5) is 0 Å². The predicted octanol–water partition coefficient (Wildman–Crippen LogP) is 4.23. The molecule has 21 heavy (non-hydrogen) atoms. The molecule has 0 heterocycles. The third-order valence-electron chi connectivity index (χ3n) is 4.38. The molecule has 3 nitrogen and oxygen atoms in total. The summed E-state index contributed by atoms with van der Waals surface area (Å²) < 4.78 is 30.8. The van der Waals surface area contributed by atoms with Gasteiger partial charge in [0.2, 0.25) is 0 Å². The lowest BCUT2D eigenvalue weighted by atomic mass is 9.78. The second kappa shape index (κ2) is 5.93. The van der Waals surface area contributed by atoms with Gasteiger partial charge in [-0.25, -0.2) is 0 Å². The van der Waals surface area contributed by atoms with Crippen molar-refractivity contribution in [2.24, 2.45) is 5.92 Å². The molecule has 0 fully saturated rings. The smallest absolute Gasteiger partial charge is 0.259 e. The van der Waals surface area contributed by atoms with E-state index in [2.05, 4.69) is 13.0 Å². The van der Waals surface area contributed by atoms with Crippen LogP contribution in [-0.2, 0) is 14.3 Å². The Balaban J connectivity index is 2.30. The highest BCUT2D eigenvalue weighted by Gasteiger charge is 2.40. The average molecular weight is 308 g/mol. The van der Waals surface area contributed by atoms with Gasteiger partial charge in [0.05, 0.1) is 10.5 Å². The minimum atomic E-state index is -3.73. The van der Waals surface area contributed by atoms with Crippen LogP contribution < -0.4 is 0 Å². The molecular weight excluding hydrogens is 284 g/mol. The summed E-state index contributed by atoms with van der Waals surface area (Å²) in [7, 11) is -3.73. The van der Waals surface area contributed by atoms with E-state index in [1.54, 1.807) is 24.3 Å². The van der Waals surface area contributed by atoms with Gasteiger partial charge in [0.15, 0.2) is 0 Å². The SMILES string of the molecule is CC1=CC[C@](OS(=O)(=O)c2ccc(C)cc2)(C(C)C)CC1. The summed E-state index contributed by atoms with van der Waals surface area (Å²) in [5, 5.41) is 0. The highest BCUT2D eigenvalue weighted by Crippen LogP contribution is 2.39. The van der Waals surface area contributed by atoms with Crippen molar-refractivity contribution in [3.63, 3.8) is 0 Å². The van der Waals surface area contributed by atoms with Crippen LogP contribution in [0, 0.1) is 12.8 Å². The Bertz CT molecular complexity index is 627. The summed E-state index contributed by atoms with van der Waals surface area (Å²) in [5.74, 6) is 0.141. The van der Waals surface area contributed by atoms with Gasteiger partial charge >= 0.3 is 0 Å². The number of benzene rings is 1. The molecule has 0 saturated carbocycles. The second-order valence-electron chi connectivity index (χ2n) is 6.32. The van der Waals surface area contributed by atoms with Gasteiger partial charge in [-0.3, -0.25) is 4.18 Å². The molecule has 4 heteroatoms. The zero-order valence-corrected chi connectivity index (χ0v) is 14.0. The van der Waals surface area contributed by atoms with Crippen molar-refractivity contribution < 1.29 is 12.6 Å². The molecule has 0 radical (unpaired) electrons. The molecule has 1 aromatic rings. The van der Waals surface area contributed by atoms with Crippen LogP contribution in [-0.4, -0.2) is 14.0 Å². The van der Waals surface area contributed by atoms with Gasteiger partial charge in [0.1, 0.15) is 0 Å². The Morgan fingerprint density at radius 1 is 1.14 bits per heavy atom. The van der Waals surface area contributed by atoms with E-state index in [0.717, 1.165) is 18.4 Å². The van der Waals surface area contributed by atoms with Crippen molar-refractivity contribution in [2.45, 2.75) is 57.5 Å². The summed E-state index contributed by atoms with van der Waals surface area (Å²) in [4.78, 5) is 0.236. The third-order valence-corrected chi connectivity index (χ3v) is 5.78. The Morgan fingerprint density at radius 2 is 1.76 bits per heavy atom. The monoisotopic (exact) mass is 308 g/mol. The van der Waals surface area contributed by atoms with Crippen molar-refractivity contribution in [3.05, 3.63) is 41.5 Å². The van der Waals surface area contributed by atoms with Crippen LogP contribution in [0.1, 0.15) is 45.6 Å². The zero-order chi connectivity index (χ0) is 15.7. The van der Waals surface area contributed by atoms with Gasteiger partial charge in [0.25, 0.3) is 10.1 Å². The third kappa shape index (κ3) is 3.55. The van der Waals surface area contributed by atoms with Gasteiger partial charge < -0.3 is 0 Å². The van der Waals surface area contributed by atoms with E-state index in [1.165, 1.54) is 5.57 Å². The average Bonchev–Trinajstić information content (AvgIpc) is 2.41. The first-order valence-corrected chi connectivity index (χ1v) is 8.84. The normalized spacial score (nSPS) is 23.2. The minimum Gasteiger partial charge on any atom is -0.259 e. The Kier molecular flexibility index (Phi) is 4.59. The Hall–Kier alpha value is -1.13. The Labute approximate surface area is 128 Å². The van der Waals surface area contributed by atoms with Crippen LogP contribution in [0.3, 0.4) is 0 Å². The maximum absolute atomic E-state index is 12.6. The van der Waals surface area contributed by atoms with E-state index in [1.807, 2.05) is 20.8 Å². The molecule has 0 aromatic heterocycles. The number of hydrogen-bond acceptors (Lipinski definition) is 3. The van der Waals surface area contributed by atoms with Gasteiger partial charge in [-0.15, -0.1) is 0 Å². The standard InChI is InChI=1S/C17H24O3S/c1-13(2)17(11-9-15(4)10-12-17)20-21(18,19)16-7-5-14(3)6-8-16/h5-9,13H,10-12H2,1-4H3/t17-/m1/s1. The lowest BCUT2D eigenvalue weighted by Gasteiger charge is -2.38. The predicted molar refractivity (Wildman–Crippen MR) is 84.6 cm³/mol. The molecule has 1 aromatic carbocycles. The first-order valence-electron chi connectivity index (χ1n) is 7.43. The summed E-state index contributed by atoms with van der Waals surface area (Å²) in [6, 6.07) is 6.82. The highest BCUT2D eigenvalue weighted by molar-refractivity contribution is 7.86. The molecule has 0 bridgehead atoms. The lowest BCUT2D eigenvalue weighted by molar-refractivity contribution is 0.0187. The molecule has 2 rings (SSSR count). The van der Waals surface area contributed by atoms with Crippen molar-refractivity contribution in [1.82, 2.24) is 0 Å². The molecule has 0 N–H and O–H groups in total. The van der Waals surface area contributed by atoms with Crippen molar-refractivity contribution in [1.29, 1.82) is 0 Å². The van der Waals surface area contributed by atoms with Crippen molar-refractivity contribution in [2.75, 3.05) is 0 Å². The lowest BCUT2D eigenvalue weighted by Crippen LogP contribution is -2.41. The van der Waals surface area contributed by atoms with Crippen LogP contribution in [0.15, 0.2) is 40.8 Å². The fourth-order valence-corrected chi connectivity index (χ4v) is 3.97. The topological polar surface area (TPSA) is 43.4 Å². The summed E-state index contributed by atoms with van der Waals surface area (Å²) in [5.41, 5.74) is 1.72. The van der Waals surface area contributed by atoms with Gasteiger partial charge in [-0.1, -0.05) is 43.2 Å². The van der Waals surface area contributed by atoms with Gasteiger partial charge in [0, 0.05) is 0 Å². The van der Waals surface area contributed by atoms with E-state index in [9.17, 15) is 8.42 Å². The minimum absolute atomic E-state index is 0.141. The van der Waals surface area contributed by atoms with E-state index < -0.39 is 15.7 Å². The van der Waals surface area contributed by atoms with Gasteiger partial charge in [-0.2, -0.15) is 8.42 Å². The number of aryl methyl sites for hydroxylation is 1. The fourth-order valence-electron chi connectivity index (χ4n) is 2.63. The van der Waals surface area contributed by atoms with E-state index in [-0.39, 0.29) is 10.8 Å². The van der Waals surface area contributed by atoms with Crippen LogP contribution in [0.2, 0.25) is 0 Å². The summed E-state index contributed by atoms with van der Waals surface area (Å²) >= 11 is 0. The highest BCUT2D eigenvalue weighted by atomic mass is 32.2. The molecule has 116 valence electrons. The largest absolute Gasteiger partial charge is 0.297 e. The molecule has 0 spiro atoms. The number of allylic oxidation sites excluding steroid dienone is 1. The van der Waals surface area contributed by atoms with E-state index >= 15 is 0 Å². The van der Waals surface area contributed by atoms with E-state index in [0.29, 0.717) is 6.42 Å². The number of rotatable bonds is 4. The van der Waals surface area contributed by atoms with Crippen molar-refractivity contribution in [3.8, 4) is 0 Å². The van der Waals surface area contributed by atoms with Crippen LogP contribution in [0.5, 0.6) is 0 Å². The first-order chi connectivity index (χ1) is 9.75. The van der Waals surface area contributed by atoms with Gasteiger partial charge in [-0.05, 0) is 51.2 Å². The molecular formula is C17H24O3S. The second-order valence-corrected chi connectivity index (χ2v) is 7.87. The summed E-state index contributed by atoms with van der Waals surface area (Å²) in [6.07, 6.45) is 4.40. The number of hydrogen-bond donors (Lipinski definition) is 0. The maximum Gasteiger partial charge on any atom is 0.297 e. The molecule has 1 atom stereocenters. The first kappa shape index (κ1) is 16.2. The fraction of sp³-hybridized carbons (Fsp3) is 0.529. The molecule has 1 aliphatic carbocycles. The van der Waals surface area contributed by atoms with Crippen LogP contribution >= 0.6 is 0 Å². The maximum atomic E-state index is 12.6. The molecule has 0 saturated heterocycles. The molecule has 1 aliphatic rings. The quantitative estimate of drug-likeness (QED) is 0.617. The van der Waals surface area contributed by atoms with E-state index in [4.69, 9.17) is 4.18 Å². The Morgan fingerprint density at radius 3 is 2.24 bits per heavy atom. The van der Waals surface area contributed by atoms with Crippen LogP contribution in [0.25, 0.3) is 0 Å². The molecule has 0 unspecified atom stereocenters. The zero-order valence-electron chi connectivity index (χ0n) is 13.2. The summed E-state index contributed by atoms with van der Waals surface area (Å²) in [6.45, 7) is 8.07.